The highest BCUT2D eigenvalue weighted by atomic mass is 32.1. The van der Waals surface area contributed by atoms with Crippen molar-refractivity contribution in [3.8, 4) is 22.7 Å². The van der Waals surface area contributed by atoms with Crippen molar-refractivity contribution in [1.29, 1.82) is 0 Å². The van der Waals surface area contributed by atoms with Gasteiger partial charge in [0.05, 0.1) is 20.8 Å². The molecule has 0 aliphatic rings. The van der Waals surface area contributed by atoms with Crippen molar-refractivity contribution in [1.82, 2.24) is 15.0 Å². The summed E-state index contributed by atoms with van der Waals surface area (Å²) in [6.45, 7) is 18.2. The zero-order valence-corrected chi connectivity index (χ0v) is 26.9. The second kappa shape index (κ2) is 13.0. The Balaban J connectivity index is 1.70. The van der Waals surface area contributed by atoms with E-state index in [1.807, 2.05) is 19.1 Å². The molecular formula is C28H41N5O5SSi. The molecule has 1 aromatic carbocycles. The van der Waals surface area contributed by atoms with Gasteiger partial charge in [-0.05, 0) is 48.2 Å². The zero-order valence-electron chi connectivity index (χ0n) is 25.1. The number of carbonyl (C=O) groups is 1. The third kappa shape index (κ3) is 7.70. The van der Waals surface area contributed by atoms with E-state index in [1.54, 1.807) is 5.38 Å². The number of amides is 1. The molecule has 12 heteroatoms. The van der Waals surface area contributed by atoms with E-state index in [-0.39, 0.29) is 28.2 Å². The molecule has 2 N–H and O–H groups in total. The number of aromatic nitrogens is 3. The van der Waals surface area contributed by atoms with Crippen molar-refractivity contribution in [3.63, 3.8) is 0 Å². The largest absolute Gasteiger partial charge is 0.479 e. The normalized spacial score (nSPS) is 11.9. The third-order valence-corrected chi connectivity index (χ3v) is 12.2. The molecule has 10 nitrogen and oxygen atoms in total. The molecule has 3 rings (SSSR count). The van der Waals surface area contributed by atoms with Gasteiger partial charge in [0.15, 0.2) is 14.0 Å². The number of ether oxygens (including phenoxy) is 3. The lowest BCUT2D eigenvalue weighted by Gasteiger charge is -2.36. The quantitative estimate of drug-likeness (QED) is 0.173. The maximum Gasteiger partial charge on any atom is 0.279 e. The van der Waals surface area contributed by atoms with Gasteiger partial charge >= 0.3 is 0 Å². The molecule has 0 unspecified atom stereocenters. The molecule has 0 bridgehead atoms. The number of methoxy groups -OCH3 is 2. The number of thiazole rings is 1. The molecule has 0 saturated heterocycles. The summed E-state index contributed by atoms with van der Waals surface area (Å²) in [6, 6.07) is 6.11. The number of aryl methyl sites for hydroxylation is 1. The topological polar surface area (TPSA) is 117 Å². The first-order chi connectivity index (χ1) is 18.8. The summed E-state index contributed by atoms with van der Waals surface area (Å²) in [5.74, 6) is 1.21. The highest BCUT2D eigenvalue weighted by Crippen LogP contribution is 2.37. The van der Waals surface area contributed by atoms with Crippen molar-refractivity contribution in [2.75, 3.05) is 38.0 Å². The number of carbonyl (C=O) groups excluding carboxylic acids is 1. The van der Waals surface area contributed by atoms with Gasteiger partial charge in [0, 0.05) is 11.9 Å². The van der Waals surface area contributed by atoms with Crippen LogP contribution in [-0.2, 0) is 4.43 Å². The zero-order chi connectivity index (χ0) is 29.7. The summed E-state index contributed by atoms with van der Waals surface area (Å²) in [4.78, 5) is 26.2. The lowest BCUT2D eigenvalue weighted by atomic mass is 10.0. The second-order valence-corrected chi connectivity index (χ2v) is 16.8. The Morgan fingerprint density at radius 1 is 1.07 bits per heavy atom. The number of rotatable bonds is 12. The highest BCUT2D eigenvalue weighted by Gasteiger charge is 2.36. The number of nitrogens with one attached hydrogen (secondary N) is 2. The Morgan fingerprint density at radius 3 is 2.30 bits per heavy atom. The summed E-state index contributed by atoms with van der Waals surface area (Å²) in [5, 5.41) is 8.03. The Bertz CT molecular complexity index is 1300. The van der Waals surface area contributed by atoms with Crippen LogP contribution in [0.3, 0.4) is 0 Å². The van der Waals surface area contributed by atoms with E-state index in [0.29, 0.717) is 36.0 Å². The summed E-state index contributed by atoms with van der Waals surface area (Å²) in [5.41, 5.74) is 2.54. The van der Waals surface area contributed by atoms with E-state index < -0.39 is 14.2 Å². The SMILES string of the molecule is COc1nc(NCCO[Si](C)(C)C(C)(C)C)nc(OC)c1NC(=O)c1csc(Oc2cc(C(C)C)ccc2C)n1. The molecule has 1 amide bonds. The van der Waals surface area contributed by atoms with Gasteiger partial charge in [-0.25, -0.2) is 0 Å². The molecule has 218 valence electrons. The van der Waals surface area contributed by atoms with Gasteiger partial charge in [-0.15, -0.1) is 0 Å². The number of hydrogen-bond acceptors (Lipinski definition) is 10. The van der Waals surface area contributed by atoms with E-state index in [4.69, 9.17) is 18.6 Å². The highest BCUT2D eigenvalue weighted by molar-refractivity contribution is 7.11. The summed E-state index contributed by atoms with van der Waals surface area (Å²) in [6.07, 6.45) is 0. The first kappa shape index (κ1) is 31.3. The van der Waals surface area contributed by atoms with Crippen LogP contribution in [0.2, 0.25) is 18.1 Å². The first-order valence-corrected chi connectivity index (χ1v) is 17.0. The van der Waals surface area contributed by atoms with Crippen LogP contribution < -0.4 is 24.8 Å². The molecule has 0 aliphatic heterocycles. The van der Waals surface area contributed by atoms with E-state index in [2.05, 4.69) is 79.4 Å². The first-order valence-electron chi connectivity index (χ1n) is 13.2. The fraction of sp³-hybridized carbons (Fsp3) is 0.500. The van der Waals surface area contributed by atoms with Gasteiger partial charge in [-0.3, -0.25) is 4.79 Å². The predicted molar refractivity (Wildman–Crippen MR) is 162 cm³/mol. The minimum absolute atomic E-state index is 0.123. The average Bonchev–Trinajstić information content (AvgIpc) is 3.36. The van der Waals surface area contributed by atoms with Crippen molar-refractivity contribution in [3.05, 3.63) is 40.4 Å². The monoisotopic (exact) mass is 587 g/mol. The Hall–Kier alpha value is -3.22. The number of nitrogens with zero attached hydrogens (tertiary/aromatic N) is 3. The van der Waals surface area contributed by atoms with Crippen LogP contribution in [-0.4, -0.2) is 56.5 Å². The molecule has 0 spiro atoms. The Morgan fingerprint density at radius 2 is 1.73 bits per heavy atom. The third-order valence-electron chi connectivity index (χ3n) is 6.91. The van der Waals surface area contributed by atoms with Crippen molar-refractivity contribution < 1.29 is 23.4 Å². The Kier molecular flexibility index (Phi) is 10.1. The second-order valence-electron chi connectivity index (χ2n) is 11.2. The molecule has 0 atom stereocenters. The van der Waals surface area contributed by atoms with Crippen molar-refractivity contribution in [2.24, 2.45) is 0 Å². The van der Waals surface area contributed by atoms with Crippen LogP contribution in [0.1, 0.15) is 62.2 Å². The van der Waals surface area contributed by atoms with Crippen LogP contribution >= 0.6 is 11.3 Å². The van der Waals surface area contributed by atoms with Gasteiger partial charge in [0.25, 0.3) is 11.1 Å². The number of hydrogen-bond donors (Lipinski definition) is 2. The average molecular weight is 588 g/mol. The van der Waals surface area contributed by atoms with Crippen LogP contribution in [0.25, 0.3) is 0 Å². The predicted octanol–water partition coefficient (Wildman–Crippen LogP) is 6.86. The van der Waals surface area contributed by atoms with Crippen LogP contribution in [0.4, 0.5) is 11.6 Å². The molecule has 2 heterocycles. The number of benzene rings is 1. The summed E-state index contributed by atoms with van der Waals surface area (Å²) < 4.78 is 23.1. The summed E-state index contributed by atoms with van der Waals surface area (Å²) in [7, 11) is 1.06. The van der Waals surface area contributed by atoms with Gasteiger partial charge in [-0.1, -0.05) is 58.1 Å². The van der Waals surface area contributed by atoms with E-state index in [9.17, 15) is 4.79 Å². The van der Waals surface area contributed by atoms with Crippen molar-refractivity contribution >= 4 is 37.2 Å². The molecule has 2 aromatic heterocycles. The van der Waals surface area contributed by atoms with Gasteiger partial charge < -0.3 is 29.3 Å². The van der Waals surface area contributed by atoms with Crippen molar-refractivity contribution in [2.45, 2.75) is 65.6 Å². The van der Waals surface area contributed by atoms with E-state index in [1.165, 1.54) is 25.6 Å². The van der Waals surface area contributed by atoms with Crippen LogP contribution in [0, 0.1) is 6.92 Å². The van der Waals surface area contributed by atoms with E-state index >= 15 is 0 Å². The minimum atomic E-state index is -1.86. The summed E-state index contributed by atoms with van der Waals surface area (Å²) >= 11 is 1.24. The minimum Gasteiger partial charge on any atom is -0.479 e. The lowest BCUT2D eigenvalue weighted by Crippen LogP contribution is -2.41. The van der Waals surface area contributed by atoms with E-state index in [0.717, 1.165) is 11.1 Å². The van der Waals surface area contributed by atoms with Gasteiger partial charge in [0.2, 0.25) is 17.7 Å². The Labute approximate surface area is 242 Å². The molecular weight excluding hydrogens is 546 g/mol. The molecule has 40 heavy (non-hydrogen) atoms. The standard InChI is InChI=1S/C28H41N5O5SSi/c1-17(2)19-12-11-18(3)21(15-19)38-27-30-20(16-39-27)23(34)31-22-24(35-7)32-26(33-25(22)36-8)29-13-14-37-40(9,10)28(4,5)6/h11-12,15-17H,13-14H2,1-10H3,(H,31,34)(H,29,32,33). The maximum atomic E-state index is 13.1. The van der Waals surface area contributed by atoms with Gasteiger partial charge in [-0.2, -0.15) is 15.0 Å². The van der Waals surface area contributed by atoms with Crippen LogP contribution in [0.15, 0.2) is 23.6 Å². The van der Waals surface area contributed by atoms with Gasteiger partial charge in [0.1, 0.15) is 11.4 Å². The fourth-order valence-electron chi connectivity index (χ4n) is 3.35. The number of anilines is 2. The molecule has 0 aliphatic carbocycles. The molecule has 0 saturated carbocycles. The van der Waals surface area contributed by atoms with Crippen LogP contribution in [0.5, 0.6) is 22.7 Å². The lowest BCUT2D eigenvalue weighted by molar-refractivity contribution is 0.102. The maximum absolute atomic E-state index is 13.1. The molecule has 3 aromatic rings. The fourth-order valence-corrected chi connectivity index (χ4v) is 5.06. The smallest absolute Gasteiger partial charge is 0.279 e. The molecule has 0 fully saturated rings. The molecule has 0 radical (unpaired) electrons.